The highest BCUT2D eigenvalue weighted by Crippen LogP contribution is 2.23. The number of nitrogens with zero attached hydrogens (tertiary/aromatic N) is 3. The van der Waals surface area contributed by atoms with Crippen LogP contribution in [0.15, 0.2) is 24.3 Å². The van der Waals surface area contributed by atoms with Crippen LogP contribution in [-0.2, 0) is 4.79 Å². The third kappa shape index (κ3) is 4.15. The first kappa shape index (κ1) is 18.2. The monoisotopic (exact) mass is 345 g/mol. The lowest BCUT2D eigenvalue weighted by Gasteiger charge is -2.48. The molecular weight excluding hydrogens is 314 g/mol. The maximum Gasteiger partial charge on any atom is 0.263 e. The smallest absolute Gasteiger partial charge is 0.263 e. The van der Waals surface area contributed by atoms with E-state index in [4.69, 9.17) is 4.74 Å². The molecule has 2 aliphatic heterocycles. The van der Waals surface area contributed by atoms with Crippen LogP contribution in [0.2, 0.25) is 0 Å². The molecule has 1 amide bonds. The van der Waals surface area contributed by atoms with Crippen molar-refractivity contribution in [2.45, 2.75) is 39.3 Å². The number of hydrogen-bond acceptors (Lipinski definition) is 4. The van der Waals surface area contributed by atoms with E-state index in [1.54, 1.807) is 0 Å². The van der Waals surface area contributed by atoms with Crippen LogP contribution in [0.3, 0.4) is 0 Å². The fraction of sp³-hybridized carbons (Fsp3) is 0.650. The summed E-state index contributed by atoms with van der Waals surface area (Å²) in [5, 5.41) is 0. The molecule has 1 aromatic carbocycles. The number of piperazine rings is 1. The van der Waals surface area contributed by atoms with E-state index < -0.39 is 0 Å². The fourth-order valence-corrected chi connectivity index (χ4v) is 3.66. The Kier molecular flexibility index (Phi) is 5.97. The summed E-state index contributed by atoms with van der Waals surface area (Å²) >= 11 is 0. The molecule has 5 heteroatoms. The van der Waals surface area contributed by atoms with Crippen molar-refractivity contribution in [2.75, 3.05) is 45.8 Å². The number of aryl methyl sites for hydroxylation is 1. The molecule has 0 N–H and O–H groups in total. The van der Waals surface area contributed by atoms with Crippen molar-refractivity contribution >= 4 is 5.91 Å². The average molecular weight is 345 g/mol. The Hall–Kier alpha value is -1.59. The van der Waals surface area contributed by atoms with Gasteiger partial charge in [0.05, 0.1) is 0 Å². The molecule has 1 atom stereocenters. The molecule has 5 nitrogen and oxygen atoms in total. The SMILES string of the molecule is CCC(Oc1ccccc1C)C(=O)N1CC(N2CCN(CC)CC2)C1. The summed E-state index contributed by atoms with van der Waals surface area (Å²) in [6, 6.07) is 8.43. The van der Waals surface area contributed by atoms with Gasteiger partial charge in [0.15, 0.2) is 6.10 Å². The van der Waals surface area contributed by atoms with Gasteiger partial charge in [0.2, 0.25) is 0 Å². The molecule has 0 bridgehead atoms. The van der Waals surface area contributed by atoms with Crippen molar-refractivity contribution in [1.82, 2.24) is 14.7 Å². The minimum Gasteiger partial charge on any atom is -0.480 e. The first-order valence-corrected chi connectivity index (χ1v) is 9.59. The largest absolute Gasteiger partial charge is 0.480 e. The Morgan fingerprint density at radius 3 is 2.44 bits per heavy atom. The fourth-order valence-electron chi connectivity index (χ4n) is 3.66. The van der Waals surface area contributed by atoms with E-state index >= 15 is 0 Å². The molecule has 1 aromatic rings. The maximum atomic E-state index is 12.8. The van der Waals surface area contributed by atoms with Crippen LogP contribution in [0.25, 0.3) is 0 Å². The lowest BCUT2D eigenvalue weighted by molar-refractivity contribution is -0.147. The summed E-state index contributed by atoms with van der Waals surface area (Å²) in [5.74, 6) is 0.949. The van der Waals surface area contributed by atoms with Crippen LogP contribution < -0.4 is 4.74 Å². The highest BCUT2D eigenvalue weighted by Gasteiger charge is 2.38. The standard InChI is InChI=1S/C20H31N3O2/c1-4-18(25-19-9-7-6-8-16(19)3)20(24)23-14-17(15-23)22-12-10-21(5-2)11-13-22/h6-9,17-18H,4-5,10-15H2,1-3H3. The third-order valence-corrected chi connectivity index (χ3v) is 5.55. The van der Waals surface area contributed by atoms with E-state index in [-0.39, 0.29) is 12.0 Å². The Labute approximate surface area is 151 Å². The second-order valence-electron chi connectivity index (χ2n) is 7.15. The van der Waals surface area contributed by atoms with Gasteiger partial charge < -0.3 is 14.5 Å². The van der Waals surface area contributed by atoms with E-state index in [0.29, 0.717) is 12.5 Å². The van der Waals surface area contributed by atoms with Crippen LogP contribution in [0.4, 0.5) is 0 Å². The number of hydrogen-bond donors (Lipinski definition) is 0. The zero-order chi connectivity index (χ0) is 17.8. The Bertz CT molecular complexity index is 578. The molecular formula is C20H31N3O2. The molecule has 0 aromatic heterocycles. The number of carbonyl (C=O) groups is 1. The van der Waals surface area contributed by atoms with Crippen LogP contribution in [0.1, 0.15) is 25.8 Å². The summed E-state index contributed by atoms with van der Waals surface area (Å²) in [5.41, 5.74) is 1.07. The molecule has 2 aliphatic rings. The summed E-state index contributed by atoms with van der Waals surface area (Å²) < 4.78 is 6.01. The minimum atomic E-state index is -0.376. The van der Waals surface area contributed by atoms with Crippen molar-refractivity contribution in [3.8, 4) is 5.75 Å². The second kappa shape index (κ2) is 8.19. The summed E-state index contributed by atoms with van der Waals surface area (Å²) in [6.07, 6.45) is 0.322. The van der Waals surface area contributed by atoms with Crippen LogP contribution >= 0.6 is 0 Å². The number of rotatable bonds is 6. The molecule has 2 saturated heterocycles. The number of ether oxygens (including phenoxy) is 1. The van der Waals surface area contributed by atoms with Crippen molar-refractivity contribution in [1.29, 1.82) is 0 Å². The number of likely N-dealkylation sites (N-methyl/N-ethyl adjacent to an activating group) is 1. The highest BCUT2D eigenvalue weighted by atomic mass is 16.5. The Morgan fingerprint density at radius 1 is 1.16 bits per heavy atom. The number of para-hydroxylation sites is 1. The Morgan fingerprint density at radius 2 is 1.84 bits per heavy atom. The molecule has 0 saturated carbocycles. The molecule has 0 radical (unpaired) electrons. The van der Waals surface area contributed by atoms with Gasteiger partial charge in [-0.15, -0.1) is 0 Å². The van der Waals surface area contributed by atoms with E-state index in [9.17, 15) is 4.79 Å². The average Bonchev–Trinajstić information content (AvgIpc) is 2.60. The van der Waals surface area contributed by atoms with Gasteiger partial charge in [-0.25, -0.2) is 0 Å². The number of benzene rings is 1. The van der Waals surface area contributed by atoms with Crippen molar-refractivity contribution < 1.29 is 9.53 Å². The molecule has 0 aliphatic carbocycles. The molecule has 2 fully saturated rings. The van der Waals surface area contributed by atoms with Gasteiger partial charge in [-0.2, -0.15) is 0 Å². The zero-order valence-electron chi connectivity index (χ0n) is 15.8. The summed E-state index contributed by atoms with van der Waals surface area (Å²) in [7, 11) is 0. The summed E-state index contributed by atoms with van der Waals surface area (Å²) in [4.78, 5) is 19.8. The van der Waals surface area contributed by atoms with E-state index in [2.05, 4.69) is 16.7 Å². The molecule has 25 heavy (non-hydrogen) atoms. The van der Waals surface area contributed by atoms with Crippen molar-refractivity contribution in [3.05, 3.63) is 29.8 Å². The zero-order valence-corrected chi connectivity index (χ0v) is 15.8. The molecule has 138 valence electrons. The predicted octanol–water partition coefficient (Wildman–Crippen LogP) is 2.00. The van der Waals surface area contributed by atoms with E-state index in [1.807, 2.05) is 43.0 Å². The van der Waals surface area contributed by atoms with Gasteiger partial charge in [0, 0.05) is 45.3 Å². The van der Waals surface area contributed by atoms with Crippen LogP contribution in [-0.4, -0.2) is 78.6 Å². The normalized spacial score (nSPS) is 21.0. The molecule has 1 unspecified atom stereocenters. The molecule has 2 heterocycles. The van der Waals surface area contributed by atoms with Crippen LogP contribution in [0.5, 0.6) is 5.75 Å². The number of amides is 1. The Balaban J connectivity index is 1.49. The van der Waals surface area contributed by atoms with E-state index in [1.165, 1.54) is 0 Å². The lowest BCUT2D eigenvalue weighted by atomic mass is 10.0. The first-order chi connectivity index (χ1) is 12.1. The summed E-state index contributed by atoms with van der Waals surface area (Å²) in [6.45, 7) is 13.6. The van der Waals surface area contributed by atoms with Gasteiger partial charge in [-0.1, -0.05) is 32.0 Å². The van der Waals surface area contributed by atoms with Gasteiger partial charge in [-0.05, 0) is 31.5 Å². The predicted molar refractivity (Wildman–Crippen MR) is 99.9 cm³/mol. The first-order valence-electron chi connectivity index (χ1n) is 9.59. The second-order valence-corrected chi connectivity index (χ2v) is 7.15. The van der Waals surface area contributed by atoms with Crippen molar-refractivity contribution in [3.63, 3.8) is 0 Å². The van der Waals surface area contributed by atoms with Crippen LogP contribution in [0, 0.1) is 6.92 Å². The molecule has 3 rings (SSSR count). The third-order valence-electron chi connectivity index (χ3n) is 5.55. The van der Waals surface area contributed by atoms with Gasteiger partial charge in [-0.3, -0.25) is 9.69 Å². The van der Waals surface area contributed by atoms with Gasteiger partial charge in [0.25, 0.3) is 5.91 Å². The quantitative estimate of drug-likeness (QED) is 0.790. The maximum absolute atomic E-state index is 12.8. The van der Waals surface area contributed by atoms with Crippen molar-refractivity contribution in [2.24, 2.45) is 0 Å². The lowest BCUT2D eigenvalue weighted by Crippen LogP contribution is -2.65. The molecule has 0 spiro atoms. The highest BCUT2D eigenvalue weighted by molar-refractivity contribution is 5.82. The number of carbonyl (C=O) groups excluding carboxylic acids is 1. The van der Waals surface area contributed by atoms with E-state index in [0.717, 1.165) is 57.1 Å². The minimum absolute atomic E-state index is 0.134. The van der Waals surface area contributed by atoms with Gasteiger partial charge >= 0.3 is 0 Å². The number of likely N-dealkylation sites (tertiary alicyclic amines) is 1. The topological polar surface area (TPSA) is 36.0 Å². The van der Waals surface area contributed by atoms with Gasteiger partial charge in [0.1, 0.15) is 5.75 Å².